The van der Waals surface area contributed by atoms with E-state index >= 15 is 0 Å². The summed E-state index contributed by atoms with van der Waals surface area (Å²) in [7, 11) is 0. The Hall–Kier alpha value is -2.11. The van der Waals surface area contributed by atoms with Gasteiger partial charge in [-0.05, 0) is 31.7 Å². The quantitative estimate of drug-likeness (QED) is 0.942. The van der Waals surface area contributed by atoms with Crippen molar-refractivity contribution in [2.75, 3.05) is 13.1 Å². The summed E-state index contributed by atoms with van der Waals surface area (Å²) in [6, 6.07) is 2.49. The number of aromatic amines is 1. The molecule has 2 aliphatic rings. The lowest BCUT2D eigenvalue weighted by Gasteiger charge is -2.32. The van der Waals surface area contributed by atoms with E-state index < -0.39 is 0 Å². The molecule has 1 N–H and O–H groups in total. The molecule has 0 spiro atoms. The van der Waals surface area contributed by atoms with Gasteiger partial charge in [0.05, 0.1) is 17.8 Å². The first-order valence-corrected chi connectivity index (χ1v) is 9.14. The van der Waals surface area contributed by atoms with E-state index in [9.17, 15) is 4.79 Å². The topological polar surface area (TPSA) is 66.8 Å². The average Bonchev–Trinajstić information content (AvgIpc) is 3.34. The highest BCUT2D eigenvalue weighted by atomic mass is 16.2. The number of nitrogens with one attached hydrogen (secondary N) is 1. The van der Waals surface area contributed by atoms with Crippen LogP contribution in [0.15, 0.2) is 24.7 Å². The van der Waals surface area contributed by atoms with Gasteiger partial charge in [-0.3, -0.25) is 14.6 Å². The van der Waals surface area contributed by atoms with Crippen LogP contribution in [-0.4, -0.2) is 43.9 Å². The van der Waals surface area contributed by atoms with E-state index in [1.165, 1.54) is 32.1 Å². The molecule has 1 aliphatic carbocycles. The zero-order valence-electron chi connectivity index (χ0n) is 14.0. The molecular formula is C18H25N5O. The van der Waals surface area contributed by atoms with Crippen molar-refractivity contribution in [2.45, 2.75) is 56.9 Å². The van der Waals surface area contributed by atoms with E-state index in [0.717, 1.165) is 37.2 Å². The number of rotatable bonds is 3. The van der Waals surface area contributed by atoms with E-state index in [1.807, 2.05) is 21.8 Å². The van der Waals surface area contributed by atoms with Crippen LogP contribution in [0, 0.1) is 0 Å². The maximum absolute atomic E-state index is 12.9. The fourth-order valence-electron chi connectivity index (χ4n) is 4.09. The Bertz CT molecular complexity index is 671. The Morgan fingerprint density at radius 3 is 2.83 bits per heavy atom. The summed E-state index contributed by atoms with van der Waals surface area (Å²) in [4.78, 5) is 14.8. The van der Waals surface area contributed by atoms with Crippen molar-refractivity contribution in [3.63, 3.8) is 0 Å². The molecular weight excluding hydrogens is 302 g/mol. The van der Waals surface area contributed by atoms with E-state index in [4.69, 9.17) is 0 Å². The number of nitrogens with zero attached hydrogens (tertiary/aromatic N) is 4. The molecule has 128 valence electrons. The fraction of sp³-hybridized carbons (Fsp3) is 0.611. The maximum Gasteiger partial charge on any atom is 0.257 e. The van der Waals surface area contributed by atoms with Crippen molar-refractivity contribution in [2.24, 2.45) is 0 Å². The van der Waals surface area contributed by atoms with Crippen molar-refractivity contribution < 1.29 is 4.79 Å². The number of amides is 1. The standard InChI is InChI=1S/C18H25N5O/c24-18(15-11-20-23(13-15)16-6-2-1-3-7-16)22-10-4-5-14(12-22)17-8-9-19-21-17/h8-9,11,13-14,16H,1-7,10,12H2,(H,19,21)/t14-/m1/s1. The van der Waals surface area contributed by atoms with Gasteiger partial charge in [0.1, 0.15) is 0 Å². The second-order valence-electron chi connectivity index (χ2n) is 7.10. The molecule has 1 amide bonds. The molecule has 1 aliphatic heterocycles. The third-order valence-electron chi connectivity index (χ3n) is 5.47. The molecule has 1 saturated heterocycles. The highest BCUT2D eigenvalue weighted by Crippen LogP contribution is 2.29. The maximum atomic E-state index is 12.9. The Morgan fingerprint density at radius 2 is 2.04 bits per heavy atom. The van der Waals surface area contributed by atoms with Gasteiger partial charge in [-0.25, -0.2) is 0 Å². The number of piperidine rings is 1. The molecule has 3 heterocycles. The van der Waals surface area contributed by atoms with Gasteiger partial charge in [-0.1, -0.05) is 19.3 Å². The van der Waals surface area contributed by atoms with Crippen LogP contribution in [0.25, 0.3) is 0 Å². The van der Waals surface area contributed by atoms with Gasteiger partial charge in [0.2, 0.25) is 0 Å². The third-order valence-corrected chi connectivity index (χ3v) is 5.47. The zero-order valence-corrected chi connectivity index (χ0v) is 14.0. The lowest BCUT2D eigenvalue weighted by atomic mass is 9.94. The summed E-state index contributed by atoms with van der Waals surface area (Å²) in [5, 5.41) is 11.6. The van der Waals surface area contributed by atoms with Crippen LogP contribution in [0.1, 0.15) is 73.0 Å². The van der Waals surface area contributed by atoms with Crippen molar-refractivity contribution >= 4 is 5.91 Å². The summed E-state index contributed by atoms with van der Waals surface area (Å²) >= 11 is 0. The smallest absolute Gasteiger partial charge is 0.257 e. The van der Waals surface area contributed by atoms with Crippen molar-refractivity contribution in [1.29, 1.82) is 0 Å². The molecule has 2 fully saturated rings. The molecule has 2 aromatic rings. The lowest BCUT2D eigenvalue weighted by Crippen LogP contribution is -2.39. The third kappa shape index (κ3) is 3.09. The number of carbonyl (C=O) groups is 1. The summed E-state index contributed by atoms with van der Waals surface area (Å²) in [6.07, 6.45) is 13.9. The van der Waals surface area contributed by atoms with E-state index in [-0.39, 0.29) is 5.91 Å². The minimum atomic E-state index is 0.112. The van der Waals surface area contributed by atoms with E-state index in [0.29, 0.717) is 12.0 Å². The van der Waals surface area contributed by atoms with Crippen LogP contribution in [0.5, 0.6) is 0 Å². The van der Waals surface area contributed by atoms with Crippen LogP contribution >= 0.6 is 0 Å². The molecule has 24 heavy (non-hydrogen) atoms. The first-order valence-electron chi connectivity index (χ1n) is 9.14. The summed E-state index contributed by atoms with van der Waals surface area (Å²) < 4.78 is 2.02. The predicted octanol–water partition coefficient (Wildman–Crippen LogP) is 3.13. The van der Waals surface area contributed by atoms with Gasteiger partial charge in [0, 0.05) is 37.1 Å². The molecule has 1 atom stereocenters. The Labute approximate surface area is 142 Å². The van der Waals surface area contributed by atoms with Gasteiger partial charge in [0.15, 0.2) is 0 Å². The first kappa shape index (κ1) is 15.4. The molecule has 4 rings (SSSR count). The van der Waals surface area contributed by atoms with Gasteiger partial charge in [-0.2, -0.15) is 10.2 Å². The highest BCUT2D eigenvalue weighted by Gasteiger charge is 2.27. The Morgan fingerprint density at radius 1 is 1.17 bits per heavy atom. The number of aromatic nitrogens is 4. The Balaban J connectivity index is 1.44. The van der Waals surface area contributed by atoms with Crippen LogP contribution in [0.2, 0.25) is 0 Å². The monoisotopic (exact) mass is 327 g/mol. The lowest BCUT2D eigenvalue weighted by molar-refractivity contribution is 0.0705. The molecule has 0 radical (unpaired) electrons. The second kappa shape index (κ2) is 6.79. The van der Waals surface area contributed by atoms with Crippen LogP contribution < -0.4 is 0 Å². The van der Waals surface area contributed by atoms with Crippen LogP contribution in [0.4, 0.5) is 0 Å². The predicted molar refractivity (Wildman–Crippen MR) is 90.8 cm³/mol. The van der Waals surface area contributed by atoms with E-state index in [2.05, 4.69) is 15.3 Å². The molecule has 6 heteroatoms. The van der Waals surface area contributed by atoms with Gasteiger partial charge in [0.25, 0.3) is 5.91 Å². The number of hydrogen-bond donors (Lipinski definition) is 1. The molecule has 0 bridgehead atoms. The molecule has 0 unspecified atom stereocenters. The molecule has 1 saturated carbocycles. The largest absolute Gasteiger partial charge is 0.338 e. The minimum absolute atomic E-state index is 0.112. The fourth-order valence-corrected chi connectivity index (χ4v) is 4.09. The van der Waals surface area contributed by atoms with Crippen molar-refractivity contribution in [3.05, 3.63) is 35.9 Å². The van der Waals surface area contributed by atoms with Crippen LogP contribution in [-0.2, 0) is 0 Å². The second-order valence-corrected chi connectivity index (χ2v) is 7.10. The first-order chi connectivity index (χ1) is 11.8. The van der Waals surface area contributed by atoms with Crippen molar-refractivity contribution in [3.8, 4) is 0 Å². The number of hydrogen-bond acceptors (Lipinski definition) is 3. The Kier molecular flexibility index (Phi) is 4.36. The van der Waals surface area contributed by atoms with Gasteiger partial charge in [-0.15, -0.1) is 0 Å². The minimum Gasteiger partial charge on any atom is -0.338 e. The van der Waals surface area contributed by atoms with Crippen molar-refractivity contribution in [1.82, 2.24) is 24.9 Å². The number of carbonyl (C=O) groups excluding carboxylic acids is 1. The highest BCUT2D eigenvalue weighted by molar-refractivity contribution is 5.93. The summed E-state index contributed by atoms with van der Waals surface area (Å²) in [5.41, 5.74) is 1.86. The summed E-state index contributed by atoms with van der Waals surface area (Å²) in [5.74, 6) is 0.472. The zero-order chi connectivity index (χ0) is 16.4. The summed E-state index contributed by atoms with van der Waals surface area (Å²) in [6.45, 7) is 1.59. The number of H-pyrrole nitrogens is 1. The average molecular weight is 327 g/mol. The molecule has 6 nitrogen and oxygen atoms in total. The van der Waals surface area contributed by atoms with E-state index in [1.54, 1.807) is 12.4 Å². The normalized spacial score (nSPS) is 22.7. The molecule has 2 aromatic heterocycles. The van der Waals surface area contributed by atoms with Gasteiger partial charge >= 0.3 is 0 Å². The van der Waals surface area contributed by atoms with Crippen LogP contribution in [0.3, 0.4) is 0 Å². The molecule has 0 aromatic carbocycles. The number of likely N-dealkylation sites (tertiary alicyclic amines) is 1. The van der Waals surface area contributed by atoms with Gasteiger partial charge < -0.3 is 4.90 Å². The SMILES string of the molecule is O=C(c1cnn(C2CCCCC2)c1)N1CCC[C@@H](c2ccn[nH]2)C1.